The van der Waals surface area contributed by atoms with E-state index in [0.717, 1.165) is 5.56 Å². The highest BCUT2D eigenvalue weighted by Crippen LogP contribution is 2.16. The summed E-state index contributed by atoms with van der Waals surface area (Å²) in [6.07, 6.45) is 3.03. The topological polar surface area (TPSA) is 50.1 Å². The Labute approximate surface area is 121 Å². The molecule has 0 heterocycles. The lowest BCUT2D eigenvalue weighted by Gasteiger charge is -2.06. The summed E-state index contributed by atoms with van der Waals surface area (Å²) in [6.45, 7) is 3.48. The first-order valence-corrected chi connectivity index (χ1v) is 6.57. The van der Waals surface area contributed by atoms with Crippen LogP contribution in [-0.4, -0.2) is 12.1 Å². The van der Waals surface area contributed by atoms with E-state index in [4.69, 9.17) is 10.00 Å². The van der Waals surface area contributed by atoms with Gasteiger partial charge in [0.25, 0.3) is 0 Å². The zero-order chi connectivity index (χ0) is 14.3. The maximum atomic E-state index is 11.6. The molecule has 98 valence electrons. The van der Waals surface area contributed by atoms with Crippen LogP contribution in [0.3, 0.4) is 0 Å². The number of nitriles is 1. The van der Waals surface area contributed by atoms with Crippen LogP contribution in [0.15, 0.2) is 46.5 Å². The summed E-state index contributed by atoms with van der Waals surface area (Å²) in [5, 5.41) is 8.96. The first-order valence-electron chi connectivity index (χ1n) is 5.78. The van der Waals surface area contributed by atoms with Gasteiger partial charge in [-0.25, -0.2) is 4.79 Å². The maximum Gasteiger partial charge on any atom is 0.349 e. The van der Waals surface area contributed by atoms with Crippen LogP contribution in [0.25, 0.3) is 6.08 Å². The van der Waals surface area contributed by atoms with Gasteiger partial charge in [-0.15, -0.1) is 0 Å². The van der Waals surface area contributed by atoms with E-state index in [-0.39, 0.29) is 11.7 Å². The fourth-order valence-corrected chi connectivity index (χ4v) is 1.80. The molecule has 4 heteroatoms. The number of rotatable bonds is 4. The number of esters is 1. The van der Waals surface area contributed by atoms with Gasteiger partial charge in [0.2, 0.25) is 0 Å². The van der Waals surface area contributed by atoms with Gasteiger partial charge in [0.05, 0.1) is 6.10 Å². The molecule has 0 saturated carbocycles. The normalized spacial score (nSPS) is 12.2. The van der Waals surface area contributed by atoms with E-state index in [0.29, 0.717) is 4.48 Å². The number of carbonyl (C=O) groups is 1. The molecule has 3 nitrogen and oxygen atoms in total. The monoisotopic (exact) mass is 319 g/mol. The van der Waals surface area contributed by atoms with Crippen molar-refractivity contribution < 1.29 is 9.53 Å². The second-order valence-corrected chi connectivity index (χ2v) is 4.98. The predicted octanol–water partition coefficient (Wildman–Crippen LogP) is 3.82. The van der Waals surface area contributed by atoms with Crippen LogP contribution in [0.1, 0.15) is 19.4 Å². The minimum absolute atomic E-state index is 0.0345. The molecule has 1 aromatic carbocycles. The van der Waals surface area contributed by atoms with Crippen molar-refractivity contribution in [2.24, 2.45) is 0 Å². The van der Waals surface area contributed by atoms with E-state index in [9.17, 15) is 4.79 Å². The van der Waals surface area contributed by atoms with E-state index >= 15 is 0 Å². The second-order valence-electron chi connectivity index (χ2n) is 4.06. The standard InChI is InChI=1S/C15H14BrNO2/c1-11(2)19-15(18)13(10-17)9-14(16)8-12-6-4-3-5-7-12/h3-9,11H,1-2H3/b13-9+,14-8-. The average molecular weight is 320 g/mol. The molecular weight excluding hydrogens is 306 g/mol. The minimum atomic E-state index is -0.615. The quantitative estimate of drug-likeness (QED) is 0.367. The van der Waals surface area contributed by atoms with Crippen LogP contribution < -0.4 is 0 Å². The summed E-state index contributed by atoms with van der Waals surface area (Å²) in [4.78, 5) is 11.6. The van der Waals surface area contributed by atoms with Crippen LogP contribution >= 0.6 is 15.9 Å². The molecule has 1 aromatic rings. The van der Waals surface area contributed by atoms with Gasteiger partial charge in [-0.3, -0.25) is 0 Å². The number of hydrogen-bond donors (Lipinski definition) is 0. The molecule has 19 heavy (non-hydrogen) atoms. The van der Waals surface area contributed by atoms with Crippen LogP contribution in [0.5, 0.6) is 0 Å². The maximum absolute atomic E-state index is 11.6. The zero-order valence-electron chi connectivity index (χ0n) is 10.8. The van der Waals surface area contributed by atoms with E-state index in [1.165, 1.54) is 6.08 Å². The minimum Gasteiger partial charge on any atom is -0.459 e. The fraction of sp³-hybridized carbons (Fsp3) is 0.200. The Balaban J connectivity index is 2.90. The number of halogens is 1. The van der Waals surface area contributed by atoms with Gasteiger partial charge in [-0.1, -0.05) is 46.3 Å². The van der Waals surface area contributed by atoms with Crippen molar-refractivity contribution in [2.75, 3.05) is 0 Å². The van der Waals surface area contributed by atoms with Gasteiger partial charge >= 0.3 is 5.97 Å². The number of carbonyl (C=O) groups excluding carboxylic acids is 1. The van der Waals surface area contributed by atoms with Crippen LogP contribution in [0, 0.1) is 11.3 Å². The van der Waals surface area contributed by atoms with Crippen molar-refractivity contribution >= 4 is 28.0 Å². The Morgan fingerprint density at radius 1 is 1.37 bits per heavy atom. The summed E-state index contributed by atoms with van der Waals surface area (Å²) in [6, 6.07) is 11.4. The first-order chi connectivity index (χ1) is 9.02. The van der Waals surface area contributed by atoms with Crippen molar-refractivity contribution in [3.8, 4) is 6.07 Å². The highest BCUT2D eigenvalue weighted by atomic mass is 79.9. The second kappa shape index (κ2) is 7.55. The molecule has 0 aliphatic heterocycles. The third-order valence-electron chi connectivity index (χ3n) is 2.07. The van der Waals surface area contributed by atoms with Crippen LogP contribution in [-0.2, 0) is 9.53 Å². The van der Waals surface area contributed by atoms with Crippen molar-refractivity contribution in [1.29, 1.82) is 5.26 Å². The number of ether oxygens (including phenoxy) is 1. The summed E-state index contributed by atoms with van der Waals surface area (Å²) < 4.78 is 5.61. The SMILES string of the molecule is CC(C)OC(=O)/C(C#N)=C/C(Br)=C/c1ccccc1. The van der Waals surface area contributed by atoms with E-state index in [1.54, 1.807) is 13.8 Å². The molecule has 0 fully saturated rings. The first kappa shape index (κ1) is 15.2. The Bertz CT molecular complexity index is 539. The van der Waals surface area contributed by atoms with Crippen molar-refractivity contribution in [3.63, 3.8) is 0 Å². The Kier molecular flexibility index (Phi) is 6.04. The smallest absolute Gasteiger partial charge is 0.349 e. The lowest BCUT2D eigenvalue weighted by Crippen LogP contribution is -2.12. The summed E-state index contributed by atoms with van der Waals surface area (Å²) in [5.41, 5.74) is 0.938. The highest BCUT2D eigenvalue weighted by molar-refractivity contribution is 9.12. The fourth-order valence-electron chi connectivity index (χ4n) is 1.30. The summed E-state index contributed by atoms with van der Waals surface area (Å²) in [7, 11) is 0. The molecule has 0 radical (unpaired) electrons. The Morgan fingerprint density at radius 2 is 2.00 bits per heavy atom. The van der Waals surface area contributed by atoms with E-state index in [1.807, 2.05) is 42.5 Å². The molecule has 0 N–H and O–H groups in total. The number of allylic oxidation sites excluding steroid dienone is 2. The average Bonchev–Trinajstić information content (AvgIpc) is 2.36. The van der Waals surface area contributed by atoms with Gasteiger partial charge in [-0.05, 0) is 31.6 Å². The number of benzene rings is 1. The Hall–Kier alpha value is -1.86. The largest absolute Gasteiger partial charge is 0.459 e. The van der Waals surface area contributed by atoms with Crippen molar-refractivity contribution in [1.82, 2.24) is 0 Å². The molecule has 0 aromatic heterocycles. The van der Waals surface area contributed by atoms with Crippen LogP contribution in [0.2, 0.25) is 0 Å². The number of nitrogens with zero attached hydrogens (tertiary/aromatic N) is 1. The predicted molar refractivity (Wildman–Crippen MR) is 78.3 cm³/mol. The lowest BCUT2D eigenvalue weighted by molar-refractivity contribution is -0.142. The zero-order valence-corrected chi connectivity index (χ0v) is 12.3. The van der Waals surface area contributed by atoms with Gasteiger partial charge in [-0.2, -0.15) is 5.26 Å². The van der Waals surface area contributed by atoms with Gasteiger partial charge < -0.3 is 4.74 Å². The van der Waals surface area contributed by atoms with Crippen LogP contribution in [0.4, 0.5) is 0 Å². The molecule has 1 rings (SSSR count). The molecule has 0 aliphatic carbocycles. The lowest BCUT2D eigenvalue weighted by atomic mass is 10.2. The van der Waals surface area contributed by atoms with Gasteiger partial charge in [0, 0.05) is 4.48 Å². The van der Waals surface area contributed by atoms with E-state index < -0.39 is 5.97 Å². The third-order valence-corrected chi connectivity index (χ3v) is 2.53. The van der Waals surface area contributed by atoms with Gasteiger partial charge in [0.15, 0.2) is 0 Å². The Morgan fingerprint density at radius 3 is 2.53 bits per heavy atom. The molecule has 0 saturated heterocycles. The van der Waals surface area contributed by atoms with Gasteiger partial charge in [0.1, 0.15) is 11.6 Å². The summed E-state index contributed by atoms with van der Waals surface area (Å²) in [5.74, 6) is -0.615. The molecule has 0 spiro atoms. The third kappa shape index (κ3) is 5.54. The molecule has 0 bridgehead atoms. The molecule has 0 amide bonds. The molecule has 0 atom stereocenters. The van der Waals surface area contributed by atoms with E-state index in [2.05, 4.69) is 15.9 Å². The highest BCUT2D eigenvalue weighted by Gasteiger charge is 2.12. The molecular formula is C15H14BrNO2. The number of hydrogen-bond acceptors (Lipinski definition) is 3. The molecule has 0 unspecified atom stereocenters. The van der Waals surface area contributed by atoms with Crippen molar-refractivity contribution in [2.45, 2.75) is 20.0 Å². The molecule has 0 aliphatic rings. The summed E-state index contributed by atoms with van der Waals surface area (Å²) >= 11 is 3.32. The van der Waals surface area contributed by atoms with Crippen molar-refractivity contribution in [3.05, 3.63) is 52.0 Å².